The molecule has 0 heterocycles. The lowest BCUT2D eigenvalue weighted by atomic mass is 10.3. The van der Waals surface area contributed by atoms with E-state index in [1.807, 2.05) is 0 Å². The van der Waals surface area contributed by atoms with Gasteiger partial charge in [0.1, 0.15) is 0 Å². The van der Waals surface area contributed by atoms with Crippen LogP contribution in [-0.4, -0.2) is 22.6 Å². The molecule has 0 unspecified atom stereocenters. The minimum atomic E-state index is -3.83. The molecule has 1 aromatic carbocycles. The third-order valence-electron chi connectivity index (χ3n) is 2.66. The van der Waals surface area contributed by atoms with E-state index in [0.29, 0.717) is 5.69 Å². The second-order valence-corrected chi connectivity index (χ2v) is 8.67. The number of nitrogens with one attached hydrogen (secondary N) is 1. The average molecular weight is 369 g/mol. The van der Waals surface area contributed by atoms with E-state index in [1.165, 1.54) is 18.2 Å². The van der Waals surface area contributed by atoms with Crippen molar-refractivity contribution in [3.05, 3.63) is 22.7 Å². The van der Waals surface area contributed by atoms with Crippen LogP contribution in [0.1, 0.15) is 12.8 Å². The third kappa shape index (κ3) is 4.16. The van der Waals surface area contributed by atoms with Crippen LogP contribution in [0.4, 0.5) is 5.69 Å². The summed E-state index contributed by atoms with van der Waals surface area (Å²) in [5.74, 6) is 0.339. The molecule has 3 N–H and O–H groups in total. The number of hydrogen-bond donors (Lipinski definition) is 2. The molecule has 0 radical (unpaired) electrons. The SMILES string of the molecule is NS(=O)(=O)c1ccc(NS(=O)(=O)CC2CC2)cc1Br. The van der Waals surface area contributed by atoms with E-state index in [4.69, 9.17) is 5.14 Å². The van der Waals surface area contributed by atoms with Crippen molar-refractivity contribution in [2.75, 3.05) is 10.5 Å². The van der Waals surface area contributed by atoms with Gasteiger partial charge in [-0.3, -0.25) is 4.72 Å². The fourth-order valence-electron chi connectivity index (χ4n) is 1.61. The smallest absolute Gasteiger partial charge is 0.239 e. The first-order valence-electron chi connectivity index (χ1n) is 5.50. The Morgan fingerprint density at radius 2 is 1.89 bits per heavy atom. The molecular weight excluding hydrogens is 356 g/mol. The van der Waals surface area contributed by atoms with E-state index in [-0.39, 0.29) is 21.0 Å². The Kier molecular flexibility index (Phi) is 3.92. The fraction of sp³-hybridized carbons (Fsp3) is 0.400. The molecule has 9 heteroatoms. The number of sulfonamides is 2. The molecule has 0 amide bonds. The quantitative estimate of drug-likeness (QED) is 0.815. The van der Waals surface area contributed by atoms with Crippen LogP contribution in [0.2, 0.25) is 0 Å². The molecule has 1 saturated carbocycles. The second-order valence-electron chi connectivity index (χ2n) is 4.52. The van der Waals surface area contributed by atoms with E-state index in [1.54, 1.807) is 0 Å². The zero-order chi connectivity index (χ0) is 14.3. The average Bonchev–Trinajstić information content (AvgIpc) is 2.97. The van der Waals surface area contributed by atoms with E-state index in [9.17, 15) is 16.8 Å². The van der Waals surface area contributed by atoms with Crippen LogP contribution in [0.25, 0.3) is 0 Å². The van der Waals surface area contributed by atoms with Gasteiger partial charge in [-0.15, -0.1) is 0 Å². The Morgan fingerprint density at radius 3 is 2.37 bits per heavy atom. The van der Waals surface area contributed by atoms with Gasteiger partial charge in [-0.05, 0) is 52.9 Å². The number of nitrogens with two attached hydrogens (primary N) is 1. The second kappa shape index (κ2) is 5.04. The standard InChI is InChI=1S/C10H13BrN2O4S2/c11-9-5-8(3-4-10(9)19(12,16)17)13-18(14,15)6-7-1-2-7/h3-5,7,13H,1-2,6H2,(H2,12,16,17). The van der Waals surface area contributed by atoms with E-state index in [2.05, 4.69) is 20.7 Å². The summed E-state index contributed by atoms with van der Waals surface area (Å²) >= 11 is 3.06. The van der Waals surface area contributed by atoms with Gasteiger partial charge in [-0.25, -0.2) is 22.0 Å². The predicted molar refractivity (Wildman–Crippen MR) is 75.6 cm³/mol. The molecule has 106 valence electrons. The molecule has 2 rings (SSSR count). The van der Waals surface area contributed by atoms with Gasteiger partial charge in [0.05, 0.1) is 10.6 Å². The summed E-state index contributed by atoms with van der Waals surface area (Å²) in [6.45, 7) is 0. The number of halogens is 1. The fourth-order valence-corrected chi connectivity index (χ4v) is 4.78. The first-order valence-corrected chi connectivity index (χ1v) is 9.49. The molecule has 1 fully saturated rings. The first-order chi connectivity index (χ1) is 8.67. The van der Waals surface area contributed by atoms with Crippen LogP contribution in [0, 0.1) is 5.92 Å². The van der Waals surface area contributed by atoms with E-state index in [0.717, 1.165) is 12.8 Å². The van der Waals surface area contributed by atoms with Crippen LogP contribution in [0.5, 0.6) is 0 Å². The Labute approximate surface area is 120 Å². The summed E-state index contributed by atoms with van der Waals surface area (Å²) in [4.78, 5) is -0.0855. The third-order valence-corrected chi connectivity index (χ3v) is 6.01. The van der Waals surface area contributed by atoms with Crippen molar-refractivity contribution in [2.24, 2.45) is 11.1 Å². The van der Waals surface area contributed by atoms with Crippen LogP contribution >= 0.6 is 15.9 Å². The van der Waals surface area contributed by atoms with Crippen molar-refractivity contribution in [1.29, 1.82) is 0 Å². The maximum atomic E-state index is 11.8. The number of primary sulfonamides is 1. The number of anilines is 1. The summed E-state index contributed by atoms with van der Waals surface area (Å²) in [5, 5.41) is 5.01. The number of benzene rings is 1. The highest BCUT2D eigenvalue weighted by molar-refractivity contribution is 9.10. The maximum Gasteiger partial charge on any atom is 0.239 e. The van der Waals surface area contributed by atoms with Crippen molar-refractivity contribution >= 4 is 41.7 Å². The van der Waals surface area contributed by atoms with Crippen LogP contribution in [0.3, 0.4) is 0 Å². The molecule has 6 nitrogen and oxygen atoms in total. The van der Waals surface area contributed by atoms with Gasteiger partial charge in [0.15, 0.2) is 0 Å². The molecule has 1 aromatic rings. The van der Waals surface area contributed by atoms with Crippen LogP contribution < -0.4 is 9.86 Å². The Morgan fingerprint density at radius 1 is 1.26 bits per heavy atom. The first kappa shape index (κ1) is 14.8. The van der Waals surface area contributed by atoms with Gasteiger partial charge in [-0.2, -0.15) is 0 Å². The minimum absolute atomic E-state index is 0.0855. The molecule has 0 saturated heterocycles. The summed E-state index contributed by atoms with van der Waals surface area (Å²) in [5.41, 5.74) is 0.305. The Bertz CT molecular complexity index is 696. The highest BCUT2D eigenvalue weighted by Crippen LogP contribution is 2.31. The van der Waals surface area contributed by atoms with Gasteiger partial charge in [-0.1, -0.05) is 0 Å². The molecular formula is C10H13BrN2O4S2. The zero-order valence-electron chi connectivity index (χ0n) is 9.84. The Hall–Kier alpha value is -0.640. The topological polar surface area (TPSA) is 106 Å². The van der Waals surface area contributed by atoms with Gasteiger partial charge in [0.25, 0.3) is 0 Å². The molecule has 0 aromatic heterocycles. The highest BCUT2D eigenvalue weighted by atomic mass is 79.9. The zero-order valence-corrected chi connectivity index (χ0v) is 13.1. The highest BCUT2D eigenvalue weighted by Gasteiger charge is 2.28. The lowest BCUT2D eigenvalue weighted by Crippen LogP contribution is -2.18. The molecule has 0 bridgehead atoms. The molecule has 0 spiro atoms. The molecule has 0 aliphatic heterocycles. The van der Waals surface area contributed by atoms with Crippen molar-refractivity contribution in [3.63, 3.8) is 0 Å². The van der Waals surface area contributed by atoms with Crippen molar-refractivity contribution < 1.29 is 16.8 Å². The monoisotopic (exact) mass is 368 g/mol. The molecule has 1 aliphatic carbocycles. The van der Waals surface area contributed by atoms with Crippen LogP contribution in [0.15, 0.2) is 27.6 Å². The lowest BCUT2D eigenvalue weighted by Gasteiger charge is -2.09. The molecule has 19 heavy (non-hydrogen) atoms. The largest absolute Gasteiger partial charge is 0.284 e. The minimum Gasteiger partial charge on any atom is -0.284 e. The van der Waals surface area contributed by atoms with Gasteiger partial charge < -0.3 is 0 Å². The molecule has 1 aliphatic rings. The van der Waals surface area contributed by atoms with Crippen molar-refractivity contribution in [3.8, 4) is 0 Å². The van der Waals surface area contributed by atoms with Crippen LogP contribution in [-0.2, 0) is 20.0 Å². The van der Waals surface area contributed by atoms with Gasteiger partial charge in [0, 0.05) is 10.2 Å². The van der Waals surface area contributed by atoms with Gasteiger partial charge >= 0.3 is 0 Å². The van der Waals surface area contributed by atoms with Crippen molar-refractivity contribution in [2.45, 2.75) is 17.7 Å². The van der Waals surface area contributed by atoms with E-state index >= 15 is 0 Å². The summed E-state index contributed by atoms with van der Waals surface area (Å²) < 4.78 is 48.6. The Balaban J connectivity index is 2.20. The maximum absolute atomic E-state index is 11.8. The lowest BCUT2D eigenvalue weighted by molar-refractivity contribution is 0.596. The van der Waals surface area contributed by atoms with Crippen molar-refractivity contribution in [1.82, 2.24) is 0 Å². The van der Waals surface area contributed by atoms with Gasteiger partial charge in [0.2, 0.25) is 20.0 Å². The summed E-state index contributed by atoms with van der Waals surface area (Å²) in [7, 11) is -7.22. The summed E-state index contributed by atoms with van der Waals surface area (Å²) in [6.07, 6.45) is 1.88. The summed E-state index contributed by atoms with van der Waals surface area (Å²) in [6, 6.07) is 4.01. The number of hydrogen-bond acceptors (Lipinski definition) is 4. The normalized spacial score (nSPS) is 16.3. The van der Waals surface area contributed by atoms with E-state index < -0.39 is 20.0 Å². The number of rotatable bonds is 5. The molecule has 0 atom stereocenters. The predicted octanol–water partition coefficient (Wildman–Crippen LogP) is 1.25.